The van der Waals surface area contributed by atoms with E-state index in [4.69, 9.17) is 15.0 Å². The molecule has 9 nitrogen and oxygen atoms in total. The van der Waals surface area contributed by atoms with E-state index in [1.165, 1.54) is 5.38 Å². The molecular formula is C9H11N2O7PS. The lowest BCUT2D eigenvalue weighted by atomic mass is 10.1. The van der Waals surface area contributed by atoms with Crippen LogP contribution in [-0.4, -0.2) is 45.8 Å². The smallest absolute Gasteiger partial charge is 0.387 e. The minimum atomic E-state index is -4.15. The molecule has 0 radical (unpaired) electrons. The van der Waals surface area contributed by atoms with Gasteiger partial charge in [0.05, 0.1) is 6.61 Å². The van der Waals surface area contributed by atoms with Crippen molar-refractivity contribution in [3.8, 4) is 0 Å². The van der Waals surface area contributed by atoms with Gasteiger partial charge in [-0.2, -0.15) is 0 Å². The highest BCUT2D eigenvalue weighted by Crippen LogP contribution is 2.53. The second-order valence-electron chi connectivity index (χ2n) is 4.36. The number of aliphatic hydroxyl groups excluding tert-OH is 1. The summed E-state index contributed by atoms with van der Waals surface area (Å²) in [5.74, 6) is -0.683. The van der Waals surface area contributed by atoms with Gasteiger partial charge in [-0.3, -0.25) is 13.8 Å². The first-order chi connectivity index (χ1) is 9.37. The topological polar surface area (TPSA) is 141 Å². The highest BCUT2D eigenvalue weighted by Gasteiger charge is 2.52. The Balaban J connectivity index is 1.82. The van der Waals surface area contributed by atoms with Gasteiger partial charge in [-0.25, -0.2) is 9.55 Å². The quantitative estimate of drug-likeness (QED) is 0.622. The molecule has 20 heavy (non-hydrogen) atoms. The Kier molecular flexibility index (Phi) is 3.41. The van der Waals surface area contributed by atoms with Crippen LogP contribution < -0.4 is 5.73 Å². The van der Waals surface area contributed by atoms with Gasteiger partial charge in [0.1, 0.15) is 35.1 Å². The molecule has 3 heterocycles. The van der Waals surface area contributed by atoms with Gasteiger partial charge in [0.25, 0.3) is 5.91 Å². The summed E-state index contributed by atoms with van der Waals surface area (Å²) in [6.07, 6.45) is -3.70. The molecule has 3 rings (SSSR count). The number of hydrogen-bond donors (Lipinski definition) is 3. The van der Waals surface area contributed by atoms with Crippen molar-refractivity contribution in [3.05, 3.63) is 16.1 Å². The second kappa shape index (κ2) is 4.85. The normalized spacial score (nSPS) is 40.5. The first-order valence-corrected chi connectivity index (χ1v) is 7.99. The number of phosphoric acid groups is 1. The molecular weight excluding hydrogens is 311 g/mol. The Morgan fingerprint density at radius 1 is 1.60 bits per heavy atom. The number of carbonyl (C=O) groups excluding carboxylic acids is 1. The number of amides is 1. The van der Waals surface area contributed by atoms with Gasteiger partial charge >= 0.3 is 7.82 Å². The van der Waals surface area contributed by atoms with Gasteiger partial charge in [0, 0.05) is 5.38 Å². The summed E-state index contributed by atoms with van der Waals surface area (Å²) in [7, 11) is -4.15. The van der Waals surface area contributed by atoms with Crippen LogP contribution in [0.1, 0.15) is 21.6 Å². The van der Waals surface area contributed by atoms with E-state index >= 15 is 0 Å². The third kappa shape index (κ3) is 2.40. The van der Waals surface area contributed by atoms with E-state index in [0.29, 0.717) is 5.01 Å². The molecule has 1 amide bonds. The van der Waals surface area contributed by atoms with E-state index in [2.05, 4.69) is 9.51 Å². The number of rotatable bonds is 2. The Morgan fingerprint density at radius 2 is 2.35 bits per heavy atom. The summed E-state index contributed by atoms with van der Waals surface area (Å²) < 4.78 is 26.3. The number of nitrogens with two attached hydrogens (primary N) is 1. The van der Waals surface area contributed by atoms with Gasteiger partial charge in [0.2, 0.25) is 0 Å². The van der Waals surface area contributed by atoms with Crippen molar-refractivity contribution in [1.29, 1.82) is 0 Å². The fraction of sp³-hybridized carbons (Fsp3) is 0.556. The molecule has 5 atom stereocenters. The predicted molar refractivity (Wildman–Crippen MR) is 64.9 cm³/mol. The molecule has 4 N–H and O–H groups in total. The number of nitrogens with zero attached hydrogens (tertiary/aromatic N) is 1. The largest absolute Gasteiger partial charge is 0.472 e. The lowest BCUT2D eigenvalue weighted by molar-refractivity contribution is -0.0546. The first kappa shape index (κ1) is 14.1. The summed E-state index contributed by atoms with van der Waals surface area (Å²) in [5.41, 5.74) is 5.17. The van der Waals surface area contributed by atoms with Crippen molar-refractivity contribution in [2.75, 3.05) is 6.61 Å². The minimum absolute atomic E-state index is 0.0701. The zero-order valence-electron chi connectivity index (χ0n) is 9.91. The zero-order valence-corrected chi connectivity index (χ0v) is 11.6. The van der Waals surface area contributed by atoms with E-state index in [1.807, 2.05) is 0 Å². The molecule has 2 saturated heterocycles. The fourth-order valence-corrected chi connectivity index (χ4v) is 3.94. The van der Waals surface area contributed by atoms with Crippen LogP contribution >= 0.6 is 19.2 Å². The van der Waals surface area contributed by atoms with Gasteiger partial charge in [-0.05, 0) is 0 Å². The molecule has 1 unspecified atom stereocenters. The number of fused-ring (bicyclic) bond motifs is 1. The van der Waals surface area contributed by atoms with E-state index < -0.39 is 38.1 Å². The molecule has 2 aliphatic heterocycles. The summed E-state index contributed by atoms with van der Waals surface area (Å²) >= 11 is 1.10. The number of primary amides is 1. The maximum Gasteiger partial charge on any atom is 0.472 e. The maximum atomic E-state index is 11.3. The van der Waals surface area contributed by atoms with Crippen LogP contribution in [0.15, 0.2) is 5.38 Å². The van der Waals surface area contributed by atoms with Crippen LogP contribution in [0.3, 0.4) is 0 Å². The molecule has 2 fully saturated rings. The van der Waals surface area contributed by atoms with Crippen molar-refractivity contribution >= 4 is 25.1 Å². The summed E-state index contributed by atoms with van der Waals surface area (Å²) in [6, 6.07) is 0. The second-order valence-corrected chi connectivity index (χ2v) is 6.65. The van der Waals surface area contributed by atoms with E-state index in [-0.39, 0.29) is 12.3 Å². The number of aromatic nitrogens is 1. The summed E-state index contributed by atoms with van der Waals surface area (Å²) in [5, 5.41) is 11.9. The average Bonchev–Trinajstić information content (AvgIpc) is 2.95. The van der Waals surface area contributed by atoms with Gasteiger partial charge in [-0.15, -0.1) is 11.3 Å². The van der Waals surface area contributed by atoms with E-state index in [0.717, 1.165) is 11.3 Å². The number of thiazole rings is 1. The van der Waals surface area contributed by atoms with Crippen molar-refractivity contribution in [1.82, 2.24) is 4.98 Å². The molecule has 110 valence electrons. The highest BCUT2D eigenvalue weighted by atomic mass is 32.1. The van der Waals surface area contributed by atoms with Crippen molar-refractivity contribution in [3.63, 3.8) is 0 Å². The average molecular weight is 322 g/mol. The van der Waals surface area contributed by atoms with Gasteiger partial charge in [0.15, 0.2) is 0 Å². The molecule has 0 aliphatic carbocycles. The Morgan fingerprint density at radius 3 is 3.00 bits per heavy atom. The van der Waals surface area contributed by atoms with Crippen LogP contribution in [0.4, 0.5) is 0 Å². The van der Waals surface area contributed by atoms with Crippen LogP contribution in [0.25, 0.3) is 0 Å². The highest BCUT2D eigenvalue weighted by molar-refractivity contribution is 7.47. The number of hydrogen-bond acceptors (Lipinski definition) is 8. The number of ether oxygens (including phenoxy) is 1. The van der Waals surface area contributed by atoms with Crippen LogP contribution in [0, 0.1) is 0 Å². The molecule has 0 aromatic carbocycles. The van der Waals surface area contributed by atoms with E-state index in [9.17, 15) is 19.4 Å². The molecule has 0 saturated carbocycles. The third-order valence-electron chi connectivity index (χ3n) is 3.01. The number of aliphatic hydroxyl groups is 1. The van der Waals surface area contributed by atoms with Crippen LogP contribution in [0.5, 0.6) is 0 Å². The van der Waals surface area contributed by atoms with Crippen molar-refractivity contribution < 1.29 is 33.1 Å². The van der Waals surface area contributed by atoms with Crippen molar-refractivity contribution in [2.45, 2.75) is 24.4 Å². The lowest BCUT2D eigenvalue weighted by Gasteiger charge is -2.28. The first-order valence-electron chi connectivity index (χ1n) is 5.62. The monoisotopic (exact) mass is 322 g/mol. The van der Waals surface area contributed by atoms with Gasteiger partial charge in [-0.1, -0.05) is 0 Å². The standard InChI is InChI=1S/C9H11N2O7PS/c10-8(13)3-2-20-9(11-3)7-5(12)6-4(17-7)1-16-19(14,15)18-6/h2,4-7,12H,1H2,(H2,10,13)(H,14,15)/t4-,5-,6-,7-/m1/s1. The van der Waals surface area contributed by atoms with Crippen LogP contribution in [0.2, 0.25) is 0 Å². The van der Waals surface area contributed by atoms with Crippen LogP contribution in [-0.2, 0) is 18.3 Å². The summed E-state index contributed by atoms with van der Waals surface area (Å²) in [6.45, 7) is -0.167. The molecule has 1 aromatic rings. The lowest BCUT2D eigenvalue weighted by Crippen LogP contribution is -2.38. The zero-order chi connectivity index (χ0) is 14.5. The minimum Gasteiger partial charge on any atom is -0.387 e. The third-order valence-corrected chi connectivity index (χ3v) is 4.90. The molecule has 0 spiro atoms. The fourth-order valence-electron chi connectivity index (χ4n) is 2.09. The maximum absolute atomic E-state index is 11.3. The number of carbonyl (C=O) groups is 1. The molecule has 11 heteroatoms. The molecule has 0 bridgehead atoms. The summed E-state index contributed by atoms with van der Waals surface area (Å²) in [4.78, 5) is 24.2. The molecule has 2 aliphatic rings. The Hall–Kier alpha value is -0.870. The van der Waals surface area contributed by atoms with E-state index in [1.54, 1.807) is 0 Å². The molecule has 1 aromatic heterocycles. The van der Waals surface area contributed by atoms with Gasteiger partial charge < -0.3 is 20.5 Å². The van der Waals surface area contributed by atoms with Crippen molar-refractivity contribution in [2.24, 2.45) is 5.73 Å². The Labute approximate surface area is 116 Å². The predicted octanol–water partition coefficient (Wildman–Crippen LogP) is -0.441. The number of phosphoric ester groups is 1. The SMILES string of the molecule is NC(=O)c1csc([C@@H]2O[C@@H]3COP(=O)(O)O[C@H]3[C@H]2O)n1. The Bertz CT molecular complexity index is 593.